The van der Waals surface area contributed by atoms with Gasteiger partial charge >= 0.3 is 0 Å². The van der Waals surface area contributed by atoms with Crippen molar-refractivity contribution in [2.24, 2.45) is 0 Å². The quantitative estimate of drug-likeness (QED) is 0.821. The van der Waals surface area contributed by atoms with Gasteiger partial charge in [-0.2, -0.15) is 0 Å². The van der Waals surface area contributed by atoms with Gasteiger partial charge in [-0.05, 0) is 24.6 Å². The lowest BCUT2D eigenvalue weighted by molar-refractivity contribution is -0.115. The number of amides is 1. The summed E-state index contributed by atoms with van der Waals surface area (Å²) in [6.45, 7) is 6.28. The minimum Gasteiger partial charge on any atom is -0.495 e. The Morgan fingerprint density at radius 1 is 1.41 bits per heavy atom. The summed E-state index contributed by atoms with van der Waals surface area (Å²) in [5.74, 6) is 0.615. The number of nitrogens with one attached hydrogen (secondary N) is 2. The van der Waals surface area contributed by atoms with Crippen molar-refractivity contribution in [1.29, 1.82) is 0 Å². The van der Waals surface area contributed by atoms with Crippen LogP contribution in [0.3, 0.4) is 0 Å². The lowest BCUT2D eigenvalue weighted by Crippen LogP contribution is -2.32. The molecule has 0 bridgehead atoms. The van der Waals surface area contributed by atoms with E-state index in [1.54, 1.807) is 7.11 Å². The molecule has 4 heteroatoms. The summed E-state index contributed by atoms with van der Waals surface area (Å²) in [7, 11) is 1.59. The van der Waals surface area contributed by atoms with Crippen molar-refractivity contribution in [3.05, 3.63) is 23.8 Å². The number of ether oxygens (including phenoxy) is 1. The number of aryl methyl sites for hydroxylation is 1. The number of carbonyl (C=O) groups is 1. The normalized spacial score (nSPS) is 10.4. The fourth-order valence-electron chi connectivity index (χ4n) is 1.39. The van der Waals surface area contributed by atoms with Gasteiger partial charge in [0.25, 0.3) is 0 Å². The van der Waals surface area contributed by atoms with E-state index in [1.165, 1.54) is 0 Å². The van der Waals surface area contributed by atoms with Crippen LogP contribution in [-0.4, -0.2) is 25.6 Å². The van der Waals surface area contributed by atoms with Crippen molar-refractivity contribution in [2.45, 2.75) is 26.8 Å². The van der Waals surface area contributed by atoms with Gasteiger partial charge < -0.3 is 15.4 Å². The minimum absolute atomic E-state index is 0.0687. The van der Waals surface area contributed by atoms with E-state index >= 15 is 0 Å². The topological polar surface area (TPSA) is 50.4 Å². The zero-order valence-electron chi connectivity index (χ0n) is 10.8. The smallest absolute Gasteiger partial charge is 0.238 e. The van der Waals surface area contributed by atoms with E-state index in [9.17, 15) is 4.79 Å². The number of anilines is 1. The molecule has 0 spiro atoms. The van der Waals surface area contributed by atoms with Crippen molar-refractivity contribution in [3.8, 4) is 5.75 Å². The highest BCUT2D eigenvalue weighted by Gasteiger charge is 2.07. The average Bonchev–Trinajstić information content (AvgIpc) is 2.28. The molecule has 4 nitrogen and oxygen atoms in total. The summed E-state index contributed by atoms with van der Waals surface area (Å²) in [5.41, 5.74) is 1.80. The number of hydrogen-bond acceptors (Lipinski definition) is 3. The second-order valence-corrected chi connectivity index (χ2v) is 4.29. The maximum absolute atomic E-state index is 11.6. The molecule has 2 N–H and O–H groups in total. The van der Waals surface area contributed by atoms with Gasteiger partial charge in [-0.15, -0.1) is 0 Å². The lowest BCUT2D eigenvalue weighted by atomic mass is 10.2. The summed E-state index contributed by atoms with van der Waals surface area (Å²) in [6, 6.07) is 5.97. The van der Waals surface area contributed by atoms with Crippen LogP contribution in [0.5, 0.6) is 5.75 Å². The maximum atomic E-state index is 11.6. The predicted octanol–water partition coefficient (Wildman–Crippen LogP) is 1.94. The van der Waals surface area contributed by atoms with Gasteiger partial charge in [0.05, 0.1) is 19.3 Å². The summed E-state index contributed by atoms with van der Waals surface area (Å²) < 4.78 is 5.22. The lowest BCUT2D eigenvalue weighted by Gasteiger charge is -2.12. The van der Waals surface area contributed by atoms with Gasteiger partial charge in [-0.25, -0.2) is 0 Å². The van der Waals surface area contributed by atoms with Gasteiger partial charge in [-0.1, -0.05) is 19.9 Å². The molecule has 0 radical (unpaired) electrons. The van der Waals surface area contributed by atoms with E-state index < -0.39 is 0 Å². The average molecular weight is 236 g/mol. The Labute approximate surface area is 102 Å². The van der Waals surface area contributed by atoms with Crippen LogP contribution in [0.4, 0.5) is 5.69 Å². The van der Waals surface area contributed by atoms with Crippen molar-refractivity contribution in [3.63, 3.8) is 0 Å². The molecular weight excluding hydrogens is 216 g/mol. The molecule has 0 aliphatic carbocycles. The van der Waals surface area contributed by atoms with Gasteiger partial charge in [-0.3, -0.25) is 4.79 Å². The first-order valence-corrected chi connectivity index (χ1v) is 5.71. The van der Waals surface area contributed by atoms with Gasteiger partial charge in [0.15, 0.2) is 0 Å². The van der Waals surface area contributed by atoms with Crippen LogP contribution in [0.15, 0.2) is 18.2 Å². The summed E-state index contributed by atoms with van der Waals surface area (Å²) in [5, 5.41) is 5.88. The third kappa shape index (κ3) is 4.44. The second-order valence-electron chi connectivity index (χ2n) is 4.29. The number of rotatable bonds is 5. The standard InChI is InChI=1S/C13H20N2O2/c1-9(2)14-8-13(16)15-11-6-5-10(3)7-12(11)17-4/h5-7,9,14H,8H2,1-4H3,(H,15,16). The summed E-state index contributed by atoms with van der Waals surface area (Å²) in [6.07, 6.45) is 0. The van der Waals surface area contributed by atoms with Crippen molar-refractivity contribution in [1.82, 2.24) is 5.32 Å². The van der Waals surface area contributed by atoms with Crippen LogP contribution in [0.1, 0.15) is 19.4 Å². The Balaban J connectivity index is 2.64. The van der Waals surface area contributed by atoms with E-state index in [0.29, 0.717) is 24.0 Å². The van der Waals surface area contributed by atoms with Gasteiger partial charge in [0.2, 0.25) is 5.91 Å². The fraction of sp³-hybridized carbons (Fsp3) is 0.462. The number of methoxy groups -OCH3 is 1. The molecular formula is C13H20N2O2. The molecule has 0 fully saturated rings. The predicted molar refractivity (Wildman–Crippen MR) is 69.5 cm³/mol. The highest BCUT2D eigenvalue weighted by Crippen LogP contribution is 2.24. The van der Waals surface area contributed by atoms with Crippen LogP contribution in [0.2, 0.25) is 0 Å². The Kier molecular flexibility index (Phi) is 4.97. The molecule has 1 amide bonds. The molecule has 0 saturated heterocycles. The summed E-state index contributed by atoms with van der Waals surface area (Å²) >= 11 is 0. The van der Waals surface area contributed by atoms with E-state index in [0.717, 1.165) is 5.56 Å². The van der Waals surface area contributed by atoms with Crippen LogP contribution in [0.25, 0.3) is 0 Å². The van der Waals surface area contributed by atoms with Crippen molar-refractivity contribution in [2.75, 3.05) is 19.0 Å². The molecule has 0 aliphatic heterocycles. The number of benzene rings is 1. The number of hydrogen-bond donors (Lipinski definition) is 2. The molecule has 0 atom stereocenters. The monoisotopic (exact) mass is 236 g/mol. The Hall–Kier alpha value is -1.55. The SMILES string of the molecule is COc1cc(C)ccc1NC(=O)CNC(C)C. The van der Waals surface area contributed by atoms with Crippen molar-refractivity contribution < 1.29 is 9.53 Å². The first kappa shape index (κ1) is 13.5. The fourth-order valence-corrected chi connectivity index (χ4v) is 1.39. The second kappa shape index (κ2) is 6.25. The molecule has 1 aromatic carbocycles. The molecule has 0 aliphatic rings. The molecule has 0 saturated carbocycles. The molecule has 1 rings (SSSR count). The molecule has 17 heavy (non-hydrogen) atoms. The van der Waals surface area contributed by atoms with Crippen LogP contribution >= 0.6 is 0 Å². The van der Waals surface area contributed by atoms with Crippen LogP contribution in [0, 0.1) is 6.92 Å². The zero-order valence-corrected chi connectivity index (χ0v) is 10.8. The van der Waals surface area contributed by atoms with E-state index in [2.05, 4.69) is 10.6 Å². The zero-order chi connectivity index (χ0) is 12.8. The third-order valence-corrected chi connectivity index (χ3v) is 2.30. The van der Waals surface area contributed by atoms with E-state index in [4.69, 9.17) is 4.74 Å². The molecule has 0 unspecified atom stereocenters. The molecule has 0 aromatic heterocycles. The van der Waals surface area contributed by atoms with Gasteiger partial charge in [0, 0.05) is 6.04 Å². The minimum atomic E-state index is -0.0687. The molecule has 94 valence electrons. The van der Waals surface area contributed by atoms with Gasteiger partial charge in [0.1, 0.15) is 5.75 Å². The van der Waals surface area contributed by atoms with Crippen molar-refractivity contribution >= 4 is 11.6 Å². The highest BCUT2D eigenvalue weighted by atomic mass is 16.5. The Morgan fingerprint density at radius 3 is 2.71 bits per heavy atom. The molecule has 1 aromatic rings. The highest BCUT2D eigenvalue weighted by molar-refractivity contribution is 5.93. The first-order chi connectivity index (χ1) is 8.02. The maximum Gasteiger partial charge on any atom is 0.238 e. The van der Waals surface area contributed by atoms with E-state index in [1.807, 2.05) is 39.0 Å². The Bertz CT molecular complexity index is 389. The summed E-state index contributed by atoms with van der Waals surface area (Å²) in [4.78, 5) is 11.6. The molecule has 0 heterocycles. The number of carbonyl (C=O) groups excluding carboxylic acids is 1. The Morgan fingerprint density at radius 2 is 2.12 bits per heavy atom. The van der Waals surface area contributed by atoms with Crippen LogP contribution in [-0.2, 0) is 4.79 Å². The van der Waals surface area contributed by atoms with E-state index in [-0.39, 0.29) is 5.91 Å². The van der Waals surface area contributed by atoms with Crippen LogP contribution < -0.4 is 15.4 Å². The largest absolute Gasteiger partial charge is 0.495 e. The third-order valence-electron chi connectivity index (χ3n) is 2.30. The first-order valence-electron chi connectivity index (χ1n) is 5.71.